The second-order valence-corrected chi connectivity index (χ2v) is 9.84. The summed E-state index contributed by atoms with van der Waals surface area (Å²) in [5.74, 6) is 0.0778. The number of aromatic nitrogens is 1. The van der Waals surface area contributed by atoms with Crippen molar-refractivity contribution in [2.75, 3.05) is 13.7 Å². The number of methoxy groups -OCH3 is 1. The predicted molar refractivity (Wildman–Crippen MR) is 136 cm³/mol. The van der Waals surface area contributed by atoms with E-state index in [1.54, 1.807) is 0 Å². The molecule has 1 heterocycles. The van der Waals surface area contributed by atoms with E-state index in [0.717, 1.165) is 35.1 Å². The molecule has 5 rings (SSSR count). The van der Waals surface area contributed by atoms with Crippen LogP contribution in [0, 0.1) is 0 Å². The highest BCUT2D eigenvalue weighted by Gasteiger charge is 2.35. The van der Waals surface area contributed by atoms with Gasteiger partial charge in [0.05, 0.1) is 18.5 Å². The topological polar surface area (TPSA) is 83.6 Å². The molecule has 3 aromatic rings. The third-order valence-corrected chi connectivity index (χ3v) is 7.81. The van der Waals surface area contributed by atoms with E-state index in [2.05, 4.69) is 34.9 Å². The van der Waals surface area contributed by atoms with Crippen LogP contribution in [0.5, 0.6) is 5.75 Å². The Morgan fingerprint density at radius 3 is 2.51 bits per heavy atom. The number of esters is 1. The van der Waals surface area contributed by atoms with Gasteiger partial charge in [0, 0.05) is 17.6 Å². The van der Waals surface area contributed by atoms with Crippen LogP contribution in [0.15, 0.2) is 42.5 Å². The number of hydrogen-bond donors (Lipinski definition) is 1. The first-order valence-corrected chi connectivity index (χ1v) is 12.8. The van der Waals surface area contributed by atoms with E-state index in [0.29, 0.717) is 18.1 Å². The van der Waals surface area contributed by atoms with Crippen LogP contribution < -0.4 is 10.5 Å². The lowest BCUT2D eigenvalue weighted by Crippen LogP contribution is -2.19. The Morgan fingerprint density at radius 1 is 1.00 bits per heavy atom. The molecule has 6 heteroatoms. The normalized spacial score (nSPS) is 18.3. The molecule has 1 amide bonds. The number of fused-ring (bicyclic) bond motifs is 3. The molecule has 1 atom stereocenters. The number of carbonyl (C=O) groups excluding carboxylic acids is 2. The highest BCUT2D eigenvalue weighted by atomic mass is 16.6. The number of rotatable bonds is 7. The summed E-state index contributed by atoms with van der Waals surface area (Å²) in [6.07, 6.45) is 9.23. The van der Waals surface area contributed by atoms with Crippen LogP contribution in [0.3, 0.4) is 0 Å². The van der Waals surface area contributed by atoms with Crippen molar-refractivity contribution in [3.05, 3.63) is 64.8 Å². The van der Waals surface area contributed by atoms with E-state index in [9.17, 15) is 9.59 Å². The monoisotopic (exact) mass is 474 g/mol. The van der Waals surface area contributed by atoms with Crippen LogP contribution in [-0.4, -0.2) is 30.2 Å². The number of nitrogens with zero attached hydrogens (tertiary/aromatic N) is 1. The van der Waals surface area contributed by atoms with Crippen LogP contribution in [0.2, 0.25) is 0 Å². The fourth-order valence-electron chi connectivity index (χ4n) is 6.14. The van der Waals surface area contributed by atoms with Crippen molar-refractivity contribution in [3.8, 4) is 5.75 Å². The van der Waals surface area contributed by atoms with Crippen LogP contribution in [0.4, 0.5) is 0 Å². The lowest BCUT2D eigenvalue weighted by atomic mass is 9.88. The molecular weight excluding hydrogens is 440 g/mol. The fraction of sp³-hybridized carbons (Fsp3) is 0.448. The van der Waals surface area contributed by atoms with Crippen molar-refractivity contribution < 1.29 is 19.1 Å². The molecule has 2 aromatic carbocycles. The minimum absolute atomic E-state index is 0.179. The summed E-state index contributed by atoms with van der Waals surface area (Å²) in [5.41, 5.74) is 11.7. The Labute approximate surface area is 206 Å². The average molecular weight is 475 g/mol. The minimum Gasteiger partial charge on any atom is -0.481 e. The Kier molecular flexibility index (Phi) is 6.80. The van der Waals surface area contributed by atoms with Gasteiger partial charge in [-0.1, -0.05) is 56.0 Å². The minimum atomic E-state index is -0.443. The van der Waals surface area contributed by atoms with Gasteiger partial charge in [0.2, 0.25) is 5.91 Å². The summed E-state index contributed by atoms with van der Waals surface area (Å²) in [4.78, 5) is 24.2. The lowest BCUT2D eigenvalue weighted by molar-refractivity contribution is -0.142. The van der Waals surface area contributed by atoms with E-state index >= 15 is 0 Å². The second-order valence-electron chi connectivity index (χ2n) is 9.84. The standard InChI is InChI=1S/C29H34N2O4/c1-34-26(32)18-35-25-14-8-13-23-28(25)27-22(29(30)33)15-16-24(27)31(23)17-20-11-6-7-12-21(20)19-9-4-2-3-5-10-19/h6-8,11-14,19,22H,2-5,9-10,15-18H2,1H3,(H2,30,33). The zero-order valence-electron chi connectivity index (χ0n) is 20.4. The zero-order chi connectivity index (χ0) is 24.4. The highest BCUT2D eigenvalue weighted by molar-refractivity contribution is 5.97. The first-order chi connectivity index (χ1) is 17.1. The average Bonchev–Trinajstić information content (AvgIpc) is 3.30. The smallest absolute Gasteiger partial charge is 0.343 e. The van der Waals surface area contributed by atoms with Crippen molar-refractivity contribution in [3.63, 3.8) is 0 Å². The summed E-state index contributed by atoms with van der Waals surface area (Å²) in [7, 11) is 1.34. The first kappa shape index (κ1) is 23.5. The molecule has 0 saturated heterocycles. The quantitative estimate of drug-likeness (QED) is 0.377. The summed E-state index contributed by atoms with van der Waals surface area (Å²) >= 11 is 0. The highest BCUT2D eigenvalue weighted by Crippen LogP contribution is 2.45. The number of amides is 1. The van der Waals surface area contributed by atoms with Crippen LogP contribution in [-0.2, 0) is 27.3 Å². The molecule has 35 heavy (non-hydrogen) atoms. The Hall–Kier alpha value is -3.28. The number of benzene rings is 2. The van der Waals surface area contributed by atoms with Gasteiger partial charge in [0.1, 0.15) is 5.75 Å². The fourth-order valence-corrected chi connectivity index (χ4v) is 6.14. The van der Waals surface area contributed by atoms with E-state index in [4.69, 9.17) is 15.2 Å². The van der Waals surface area contributed by atoms with Crippen molar-refractivity contribution in [2.45, 2.75) is 69.7 Å². The molecule has 1 saturated carbocycles. The van der Waals surface area contributed by atoms with Crippen LogP contribution >= 0.6 is 0 Å². The van der Waals surface area contributed by atoms with Crippen molar-refractivity contribution in [1.29, 1.82) is 0 Å². The molecule has 184 valence electrons. The Balaban J connectivity index is 1.60. The molecule has 1 aromatic heterocycles. The van der Waals surface area contributed by atoms with Crippen molar-refractivity contribution in [2.24, 2.45) is 5.73 Å². The van der Waals surface area contributed by atoms with Gasteiger partial charge in [0.25, 0.3) is 0 Å². The summed E-state index contributed by atoms with van der Waals surface area (Å²) in [6.45, 7) is 0.561. The van der Waals surface area contributed by atoms with Gasteiger partial charge in [-0.25, -0.2) is 4.79 Å². The Bertz CT molecular complexity index is 1240. The first-order valence-electron chi connectivity index (χ1n) is 12.8. The molecular formula is C29H34N2O4. The molecule has 2 aliphatic carbocycles. The van der Waals surface area contributed by atoms with Gasteiger partial charge in [-0.2, -0.15) is 0 Å². The second kappa shape index (κ2) is 10.1. The summed E-state index contributed by atoms with van der Waals surface area (Å²) < 4.78 is 13.0. The SMILES string of the molecule is COC(=O)COc1cccc2c1c1c(n2Cc2ccccc2C2CCCCCC2)CCC1C(N)=O. The molecule has 0 radical (unpaired) electrons. The summed E-state index contributed by atoms with van der Waals surface area (Å²) in [5, 5.41) is 0.889. The third kappa shape index (κ3) is 4.54. The molecule has 1 unspecified atom stereocenters. The molecule has 0 aliphatic heterocycles. The Morgan fingerprint density at radius 2 is 1.77 bits per heavy atom. The maximum Gasteiger partial charge on any atom is 0.343 e. The van der Waals surface area contributed by atoms with Gasteiger partial charge < -0.3 is 19.8 Å². The largest absolute Gasteiger partial charge is 0.481 e. The van der Waals surface area contributed by atoms with Crippen LogP contribution in [0.1, 0.15) is 79.2 Å². The van der Waals surface area contributed by atoms with E-state index < -0.39 is 5.97 Å². The van der Waals surface area contributed by atoms with Gasteiger partial charge >= 0.3 is 5.97 Å². The van der Waals surface area contributed by atoms with E-state index in [1.165, 1.54) is 56.8 Å². The number of nitrogens with two attached hydrogens (primary N) is 1. The number of hydrogen-bond acceptors (Lipinski definition) is 4. The van der Waals surface area contributed by atoms with Gasteiger partial charge in [-0.15, -0.1) is 0 Å². The van der Waals surface area contributed by atoms with Crippen molar-refractivity contribution in [1.82, 2.24) is 4.57 Å². The molecule has 0 spiro atoms. The summed E-state index contributed by atoms with van der Waals surface area (Å²) in [6, 6.07) is 14.7. The zero-order valence-corrected chi connectivity index (χ0v) is 20.4. The predicted octanol–water partition coefficient (Wildman–Crippen LogP) is 5.19. The third-order valence-electron chi connectivity index (χ3n) is 7.81. The maximum absolute atomic E-state index is 12.4. The number of primary amides is 1. The molecule has 2 N–H and O–H groups in total. The number of ether oxygens (including phenoxy) is 2. The molecule has 0 bridgehead atoms. The van der Waals surface area contributed by atoms with E-state index in [-0.39, 0.29) is 18.4 Å². The van der Waals surface area contributed by atoms with Crippen LogP contribution in [0.25, 0.3) is 10.9 Å². The van der Waals surface area contributed by atoms with Gasteiger partial charge in [-0.05, 0) is 60.4 Å². The van der Waals surface area contributed by atoms with Gasteiger partial charge in [-0.3, -0.25) is 4.79 Å². The number of carbonyl (C=O) groups is 2. The molecule has 6 nitrogen and oxygen atoms in total. The molecule has 2 aliphatic rings. The van der Waals surface area contributed by atoms with Crippen molar-refractivity contribution >= 4 is 22.8 Å². The maximum atomic E-state index is 12.4. The van der Waals surface area contributed by atoms with Gasteiger partial charge in [0.15, 0.2) is 6.61 Å². The lowest BCUT2D eigenvalue weighted by Gasteiger charge is -2.20. The molecule has 1 fully saturated rings. The van der Waals surface area contributed by atoms with E-state index in [1.807, 2.05) is 12.1 Å².